The third-order valence-electron chi connectivity index (χ3n) is 5.22. The van der Waals surface area contributed by atoms with Crippen molar-refractivity contribution in [3.63, 3.8) is 0 Å². The van der Waals surface area contributed by atoms with E-state index in [-0.39, 0.29) is 23.7 Å². The standard InChI is InChI=1S/C26H25ClN8O4/c1-3-28-26(38)32-23-13-21(30-17-7-5-16(27)6-8-17)20(14-29-23)24(36)31-18-9-11-19(12-10-18)35-15-22(33-34-35)25(37)39-4-2/h5-15H,3-4H2,1-2H3,(H,31,36)(H3,28,29,30,32,38). The van der Waals surface area contributed by atoms with Crippen LogP contribution in [0.3, 0.4) is 0 Å². The zero-order chi connectivity index (χ0) is 27.8. The molecule has 4 aromatic rings. The number of halogens is 1. The van der Waals surface area contributed by atoms with E-state index in [1.165, 1.54) is 17.1 Å². The Bertz CT molecular complexity index is 1470. The third-order valence-corrected chi connectivity index (χ3v) is 5.47. The zero-order valence-corrected chi connectivity index (χ0v) is 21.8. The molecule has 2 aromatic heterocycles. The van der Waals surface area contributed by atoms with Gasteiger partial charge < -0.3 is 20.7 Å². The molecule has 13 heteroatoms. The lowest BCUT2D eigenvalue weighted by Gasteiger charge is -2.14. The number of nitrogens with zero attached hydrogens (tertiary/aromatic N) is 4. The topological polar surface area (TPSA) is 152 Å². The molecule has 0 aliphatic rings. The summed E-state index contributed by atoms with van der Waals surface area (Å²) in [5, 5.41) is 19.6. The van der Waals surface area contributed by atoms with Gasteiger partial charge in [-0.1, -0.05) is 16.8 Å². The maximum Gasteiger partial charge on any atom is 0.360 e. The minimum Gasteiger partial charge on any atom is -0.461 e. The molecule has 4 rings (SSSR count). The van der Waals surface area contributed by atoms with Gasteiger partial charge in [0.05, 0.1) is 29.7 Å². The van der Waals surface area contributed by atoms with Crippen LogP contribution in [-0.4, -0.2) is 51.0 Å². The van der Waals surface area contributed by atoms with Gasteiger partial charge in [-0.25, -0.2) is 19.3 Å². The molecule has 39 heavy (non-hydrogen) atoms. The number of nitrogens with one attached hydrogen (secondary N) is 4. The van der Waals surface area contributed by atoms with Crippen molar-refractivity contribution in [1.29, 1.82) is 0 Å². The molecule has 0 saturated heterocycles. The molecule has 0 aliphatic carbocycles. The van der Waals surface area contributed by atoms with E-state index in [1.807, 2.05) is 0 Å². The predicted molar refractivity (Wildman–Crippen MR) is 147 cm³/mol. The molecule has 0 radical (unpaired) electrons. The van der Waals surface area contributed by atoms with Gasteiger partial charge in [0.15, 0.2) is 5.69 Å². The first kappa shape index (κ1) is 27.1. The Balaban J connectivity index is 1.53. The molecule has 0 unspecified atom stereocenters. The van der Waals surface area contributed by atoms with E-state index in [1.54, 1.807) is 68.4 Å². The van der Waals surface area contributed by atoms with E-state index in [9.17, 15) is 14.4 Å². The maximum absolute atomic E-state index is 13.2. The summed E-state index contributed by atoms with van der Waals surface area (Å²) >= 11 is 5.99. The van der Waals surface area contributed by atoms with Crippen LogP contribution in [-0.2, 0) is 4.74 Å². The number of anilines is 4. The molecular formula is C26H25ClN8O4. The highest BCUT2D eigenvalue weighted by atomic mass is 35.5. The Labute approximate surface area is 228 Å². The molecule has 0 bridgehead atoms. The van der Waals surface area contributed by atoms with E-state index in [4.69, 9.17) is 16.3 Å². The molecule has 4 N–H and O–H groups in total. The number of rotatable bonds is 9. The summed E-state index contributed by atoms with van der Waals surface area (Å²) in [5.41, 5.74) is 2.57. The van der Waals surface area contributed by atoms with Crippen LogP contribution in [0.25, 0.3) is 5.69 Å². The highest BCUT2D eigenvalue weighted by Crippen LogP contribution is 2.25. The van der Waals surface area contributed by atoms with Gasteiger partial charge in [0, 0.05) is 35.2 Å². The van der Waals surface area contributed by atoms with Gasteiger partial charge in [0.25, 0.3) is 5.91 Å². The minimum atomic E-state index is -0.559. The van der Waals surface area contributed by atoms with Crippen molar-refractivity contribution in [2.45, 2.75) is 13.8 Å². The quantitative estimate of drug-likeness (QED) is 0.221. The van der Waals surface area contributed by atoms with Gasteiger partial charge >= 0.3 is 12.0 Å². The fourth-order valence-electron chi connectivity index (χ4n) is 3.40. The number of ether oxygens (including phenoxy) is 1. The molecule has 200 valence electrons. The maximum atomic E-state index is 13.2. The van der Waals surface area contributed by atoms with Crippen LogP contribution < -0.4 is 21.3 Å². The van der Waals surface area contributed by atoms with Crippen LogP contribution in [0.15, 0.2) is 67.0 Å². The highest BCUT2D eigenvalue weighted by Gasteiger charge is 2.16. The second-order valence-electron chi connectivity index (χ2n) is 8.00. The van der Waals surface area contributed by atoms with Gasteiger partial charge in [-0.3, -0.25) is 10.1 Å². The van der Waals surface area contributed by atoms with Crippen LogP contribution in [0.2, 0.25) is 5.02 Å². The number of benzene rings is 2. The number of pyridine rings is 1. The molecule has 0 saturated carbocycles. The van der Waals surface area contributed by atoms with Crippen molar-refractivity contribution >= 4 is 52.4 Å². The zero-order valence-electron chi connectivity index (χ0n) is 21.1. The number of carbonyl (C=O) groups excluding carboxylic acids is 3. The number of urea groups is 1. The Morgan fingerprint density at radius 2 is 1.69 bits per heavy atom. The first-order valence-electron chi connectivity index (χ1n) is 11.9. The van der Waals surface area contributed by atoms with Gasteiger partial charge in [-0.05, 0) is 62.4 Å². The van der Waals surface area contributed by atoms with Crippen LogP contribution in [0.1, 0.15) is 34.7 Å². The number of amides is 3. The monoisotopic (exact) mass is 548 g/mol. The molecule has 0 spiro atoms. The molecule has 0 atom stereocenters. The number of hydrogen-bond donors (Lipinski definition) is 4. The van der Waals surface area contributed by atoms with Crippen molar-refractivity contribution in [3.05, 3.63) is 83.3 Å². The summed E-state index contributed by atoms with van der Waals surface area (Å²) < 4.78 is 6.36. The van der Waals surface area contributed by atoms with Crippen molar-refractivity contribution in [2.75, 3.05) is 29.1 Å². The number of carbonyl (C=O) groups is 3. The van der Waals surface area contributed by atoms with E-state index in [0.717, 1.165) is 0 Å². The normalized spacial score (nSPS) is 10.4. The Morgan fingerprint density at radius 1 is 0.974 bits per heavy atom. The lowest BCUT2D eigenvalue weighted by atomic mass is 10.2. The summed E-state index contributed by atoms with van der Waals surface area (Å²) in [5.74, 6) is -0.730. The van der Waals surface area contributed by atoms with Crippen LogP contribution in [0, 0.1) is 0 Å². The third kappa shape index (κ3) is 7.08. The second-order valence-corrected chi connectivity index (χ2v) is 8.44. The molecule has 12 nitrogen and oxygen atoms in total. The fraction of sp³-hybridized carbons (Fsp3) is 0.154. The SMILES string of the molecule is CCNC(=O)Nc1cc(Nc2ccc(Cl)cc2)c(C(=O)Nc2ccc(-n3cc(C(=O)OCC)nn3)cc2)cn1. The van der Waals surface area contributed by atoms with Crippen molar-refractivity contribution < 1.29 is 19.1 Å². The van der Waals surface area contributed by atoms with Gasteiger partial charge in [0.1, 0.15) is 5.82 Å². The predicted octanol–water partition coefficient (Wildman–Crippen LogP) is 4.63. The summed E-state index contributed by atoms with van der Waals surface area (Å²) in [6.07, 6.45) is 2.83. The van der Waals surface area contributed by atoms with Crippen LogP contribution in [0.4, 0.5) is 27.7 Å². The Hall–Kier alpha value is -4.97. The van der Waals surface area contributed by atoms with Gasteiger partial charge in [-0.15, -0.1) is 5.10 Å². The summed E-state index contributed by atoms with van der Waals surface area (Å²) in [6.45, 7) is 4.19. The van der Waals surface area contributed by atoms with Gasteiger partial charge in [0.2, 0.25) is 0 Å². The number of aromatic nitrogens is 4. The average Bonchev–Trinajstić information content (AvgIpc) is 3.41. The van der Waals surface area contributed by atoms with Crippen molar-refractivity contribution in [2.24, 2.45) is 0 Å². The van der Waals surface area contributed by atoms with E-state index in [2.05, 4.69) is 36.6 Å². The first-order valence-corrected chi connectivity index (χ1v) is 12.3. The van der Waals surface area contributed by atoms with Crippen molar-refractivity contribution in [3.8, 4) is 5.69 Å². The molecule has 2 heterocycles. The van der Waals surface area contributed by atoms with E-state index >= 15 is 0 Å². The van der Waals surface area contributed by atoms with Crippen LogP contribution >= 0.6 is 11.6 Å². The van der Waals surface area contributed by atoms with Crippen molar-refractivity contribution in [1.82, 2.24) is 25.3 Å². The first-order chi connectivity index (χ1) is 18.9. The summed E-state index contributed by atoms with van der Waals surface area (Å²) in [4.78, 5) is 41.2. The fourth-order valence-corrected chi connectivity index (χ4v) is 3.53. The largest absolute Gasteiger partial charge is 0.461 e. The number of hydrogen-bond acceptors (Lipinski definition) is 8. The minimum absolute atomic E-state index is 0.0903. The Morgan fingerprint density at radius 3 is 2.38 bits per heavy atom. The second kappa shape index (κ2) is 12.5. The molecule has 3 amide bonds. The Kier molecular flexibility index (Phi) is 8.69. The van der Waals surface area contributed by atoms with Gasteiger partial charge in [-0.2, -0.15) is 0 Å². The summed E-state index contributed by atoms with van der Waals surface area (Å²) in [7, 11) is 0. The molecule has 0 aliphatic heterocycles. The number of esters is 1. The highest BCUT2D eigenvalue weighted by molar-refractivity contribution is 6.30. The smallest absolute Gasteiger partial charge is 0.360 e. The lowest BCUT2D eigenvalue weighted by molar-refractivity contribution is 0.0519. The molecular weight excluding hydrogens is 524 g/mol. The molecule has 2 aromatic carbocycles. The summed E-state index contributed by atoms with van der Waals surface area (Å²) in [6, 6.07) is 14.9. The lowest BCUT2D eigenvalue weighted by Crippen LogP contribution is -2.28. The average molecular weight is 549 g/mol. The van der Waals surface area contributed by atoms with E-state index < -0.39 is 17.9 Å². The van der Waals surface area contributed by atoms with E-state index in [0.29, 0.717) is 34.3 Å². The molecule has 0 fully saturated rings. The van der Waals surface area contributed by atoms with Crippen LogP contribution in [0.5, 0.6) is 0 Å².